The first kappa shape index (κ1) is 29.7. The van der Waals surface area contributed by atoms with Gasteiger partial charge in [0.05, 0.1) is 23.4 Å². The number of nitrogens with zero attached hydrogens (tertiary/aromatic N) is 3. The van der Waals surface area contributed by atoms with Gasteiger partial charge in [-0.3, -0.25) is 4.79 Å². The molecule has 4 aromatic carbocycles. The molecule has 44 heavy (non-hydrogen) atoms. The molecule has 1 heterocycles. The van der Waals surface area contributed by atoms with Gasteiger partial charge in [0, 0.05) is 47.3 Å². The number of ketones is 1. The molecule has 0 saturated carbocycles. The monoisotopic (exact) mass is 587 g/mol. The van der Waals surface area contributed by atoms with E-state index in [0.717, 1.165) is 28.0 Å². The molecule has 9 heteroatoms. The standard InChI is InChI=1S/C35H29N3O6/c1-22(36-43-24(3)39)26-10-14-29(15-11-26)38(30-16-12-28(13-17-30)34(41)27-8-6-5-7-9-27)33-19-18-31(23(2)37-44-25(4)40)35-32(33)20-21-42-35/h5-21H,1-4H3/b36-22-,37-23-. The first-order valence-electron chi connectivity index (χ1n) is 13.8. The van der Waals surface area contributed by atoms with Crippen molar-refractivity contribution in [3.05, 3.63) is 126 Å². The minimum Gasteiger partial charge on any atom is -0.464 e. The van der Waals surface area contributed by atoms with Gasteiger partial charge in [0.1, 0.15) is 5.58 Å². The number of carbonyl (C=O) groups excluding carboxylic acids is 3. The third-order valence-electron chi connectivity index (χ3n) is 6.81. The Labute approximate surface area is 254 Å². The topological polar surface area (TPSA) is 111 Å². The van der Waals surface area contributed by atoms with E-state index in [1.807, 2.05) is 77.7 Å². The Morgan fingerprint density at radius 2 is 1.16 bits per heavy atom. The molecule has 0 fully saturated rings. The maximum atomic E-state index is 13.1. The van der Waals surface area contributed by atoms with Crippen LogP contribution in [-0.4, -0.2) is 29.1 Å². The van der Waals surface area contributed by atoms with E-state index in [4.69, 9.17) is 14.1 Å². The highest BCUT2D eigenvalue weighted by molar-refractivity contribution is 6.12. The lowest BCUT2D eigenvalue weighted by molar-refractivity contribution is -0.141. The fourth-order valence-electron chi connectivity index (χ4n) is 4.69. The SMILES string of the molecule is CC(=O)O/N=C(/C)c1ccc(N(c2ccc(C(=O)c3ccccc3)cc2)c2ccc(/C(C)=N\OC(C)=O)c3occc23)cc1. The van der Waals surface area contributed by atoms with Crippen LogP contribution in [0.25, 0.3) is 11.0 Å². The van der Waals surface area contributed by atoms with Gasteiger partial charge < -0.3 is 19.0 Å². The van der Waals surface area contributed by atoms with Gasteiger partial charge in [0.2, 0.25) is 0 Å². The number of carbonyl (C=O) groups is 3. The second kappa shape index (κ2) is 13.0. The molecule has 0 saturated heterocycles. The molecule has 0 unspecified atom stereocenters. The third-order valence-corrected chi connectivity index (χ3v) is 6.81. The number of rotatable bonds is 9. The minimum atomic E-state index is -0.520. The van der Waals surface area contributed by atoms with Crippen molar-refractivity contribution in [2.24, 2.45) is 10.3 Å². The molecule has 0 aliphatic rings. The predicted molar refractivity (Wildman–Crippen MR) is 169 cm³/mol. The van der Waals surface area contributed by atoms with Gasteiger partial charge in [-0.1, -0.05) is 52.8 Å². The van der Waals surface area contributed by atoms with Crippen molar-refractivity contribution < 1.29 is 28.5 Å². The number of hydrogen-bond donors (Lipinski definition) is 0. The van der Waals surface area contributed by atoms with Crippen LogP contribution in [0.2, 0.25) is 0 Å². The Morgan fingerprint density at radius 3 is 1.75 bits per heavy atom. The number of anilines is 3. The molecule has 0 radical (unpaired) electrons. The molecule has 220 valence electrons. The van der Waals surface area contributed by atoms with Crippen LogP contribution in [0.5, 0.6) is 0 Å². The largest absolute Gasteiger partial charge is 0.464 e. The van der Waals surface area contributed by atoms with E-state index in [1.54, 1.807) is 44.4 Å². The Hall–Kier alpha value is -5.83. The lowest BCUT2D eigenvalue weighted by atomic mass is 10.0. The molecule has 0 bridgehead atoms. The average molecular weight is 588 g/mol. The number of benzene rings is 4. The molecule has 0 spiro atoms. The maximum absolute atomic E-state index is 13.1. The van der Waals surface area contributed by atoms with Crippen molar-refractivity contribution in [2.75, 3.05) is 4.90 Å². The summed E-state index contributed by atoms with van der Waals surface area (Å²) in [6.45, 7) is 6.07. The zero-order chi connectivity index (χ0) is 31.2. The summed E-state index contributed by atoms with van der Waals surface area (Å²) in [7, 11) is 0. The summed E-state index contributed by atoms with van der Waals surface area (Å²) in [4.78, 5) is 47.3. The van der Waals surface area contributed by atoms with Crippen molar-refractivity contribution in [3.8, 4) is 0 Å². The van der Waals surface area contributed by atoms with E-state index in [2.05, 4.69) is 10.3 Å². The van der Waals surface area contributed by atoms with E-state index in [9.17, 15) is 14.4 Å². The van der Waals surface area contributed by atoms with Crippen molar-refractivity contribution in [2.45, 2.75) is 27.7 Å². The molecular formula is C35H29N3O6. The molecule has 0 aliphatic heterocycles. The summed E-state index contributed by atoms with van der Waals surface area (Å²) in [5.41, 5.74) is 6.64. The number of oxime groups is 2. The van der Waals surface area contributed by atoms with Crippen LogP contribution in [0.15, 0.2) is 118 Å². The summed E-state index contributed by atoms with van der Waals surface area (Å²) < 4.78 is 5.89. The fraction of sp³-hybridized carbons (Fsp3) is 0.114. The molecule has 0 aliphatic carbocycles. The van der Waals surface area contributed by atoms with Crippen LogP contribution in [0.3, 0.4) is 0 Å². The zero-order valence-electron chi connectivity index (χ0n) is 24.6. The molecule has 5 rings (SSSR count). The first-order chi connectivity index (χ1) is 21.2. The van der Waals surface area contributed by atoms with E-state index in [0.29, 0.717) is 33.7 Å². The van der Waals surface area contributed by atoms with Crippen LogP contribution < -0.4 is 4.90 Å². The third kappa shape index (κ3) is 6.47. The maximum Gasteiger partial charge on any atom is 0.331 e. The fourth-order valence-corrected chi connectivity index (χ4v) is 4.69. The normalized spacial score (nSPS) is 11.7. The Balaban J connectivity index is 1.59. The molecule has 9 nitrogen and oxygen atoms in total. The van der Waals surface area contributed by atoms with Crippen LogP contribution >= 0.6 is 0 Å². The van der Waals surface area contributed by atoms with Crippen LogP contribution in [-0.2, 0) is 19.3 Å². The lowest BCUT2D eigenvalue weighted by Crippen LogP contribution is -2.12. The first-order valence-corrected chi connectivity index (χ1v) is 13.8. The highest BCUT2D eigenvalue weighted by atomic mass is 16.7. The van der Waals surface area contributed by atoms with Gasteiger partial charge in [-0.05, 0) is 74.0 Å². The van der Waals surface area contributed by atoms with Crippen molar-refractivity contribution >= 4 is 57.2 Å². The second-order valence-corrected chi connectivity index (χ2v) is 9.94. The van der Waals surface area contributed by atoms with Crippen LogP contribution in [0.4, 0.5) is 17.1 Å². The number of hydrogen-bond acceptors (Lipinski definition) is 9. The van der Waals surface area contributed by atoms with Gasteiger partial charge in [-0.15, -0.1) is 0 Å². The highest BCUT2D eigenvalue weighted by Gasteiger charge is 2.20. The zero-order valence-corrected chi connectivity index (χ0v) is 24.6. The van der Waals surface area contributed by atoms with Crippen molar-refractivity contribution in [1.29, 1.82) is 0 Å². The summed E-state index contributed by atoms with van der Waals surface area (Å²) in [5.74, 6) is -1.09. The summed E-state index contributed by atoms with van der Waals surface area (Å²) in [6.07, 6.45) is 1.59. The van der Waals surface area contributed by atoms with Gasteiger partial charge in [0.15, 0.2) is 5.78 Å². The summed E-state index contributed by atoms with van der Waals surface area (Å²) in [5, 5.41) is 8.62. The Morgan fingerprint density at radius 1 is 0.614 bits per heavy atom. The Kier molecular flexibility index (Phi) is 8.76. The van der Waals surface area contributed by atoms with E-state index in [-0.39, 0.29) is 5.78 Å². The highest BCUT2D eigenvalue weighted by Crippen LogP contribution is 2.40. The second-order valence-electron chi connectivity index (χ2n) is 9.94. The molecule has 0 N–H and O–H groups in total. The van der Waals surface area contributed by atoms with Crippen LogP contribution in [0.1, 0.15) is 54.7 Å². The number of fused-ring (bicyclic) bond motifs is 1. The Bertz CT molecular complexity index is 1890. The number of furan rings is 1. The minimum absolute atomic E-state index is 0.0697. The predicted octanol–water partition coefficient (Wildman–Crippen LogP) is 7.71. The van der Waals surface area contributed by atoms with Gasteiger partial charge in [0.25, 0.3) is 0 Å². The molecule has 5 aromatic rings. The van der Waals surface area contributed by atoms with Gasteiger partial charge in [-0.25, -0.2) is 9.59 Å². The summed E-state index contributed by atoms with van der Waals surface area (Å²) >= 11 is 0. The van der Waals surface area contributed by atoms with E-state index in [1.165, 1.54) is 13.8 Å². The molecular weight excluding hydrogens is 558 g/mol. The van der Waals surface area contributed by atoms with Gasteiger partial charge in [-0.2, -0.15) is 0 Å². The quantitative estimate of drug-likeness (QED) is 0.0752. The van der Waals surface area contributed by atoms with Crippen molar-refractivity contribution in [3.63, 3.8) is 0 Å². The smallest absolute Gasteiger partial charge is 0.331 e. The molecule has 0 amide bonds. The van der Waals surface area contributed by atoms with Crippen LogP contribution in [0, 0.1) is 0 Å². The molecule has 0 atom stereocenters. The molecule has 1 aromatic heterocycles. The van der Waals surface area contributed by atoms with E-state index < -0.39 is 11.9 Å². The lowest BCUT2D eigenvalue weighted by Gasteiger charge is -2.27. The summed E-state index contributed by atoms with van der Waals surface area (Å²) in [6, 6.07) is 29.8. The van der Waals surface area contributed by atoms with E-state index >= 15 is 0 Å². The average Bonchev–Trinajstić information content (AvgIpc) is 3.54. The van der Waals surface area contributed by atoms with Crippen molar-refractivity contribution in [1.82, 2.24) is 0 Å². The van der Waals surface area contributed by atoms with Gasteiger partial charge >= 0.3 is 11.9 Å².